The van der Waals surface area contributed by atoms with Gasteiger partial charge in [0.2, 0.25) is 5.91 Å². The predicted molar refractivity (Wildman–Crippen MR) is 94.6 cm³/mol. The number of rotatable bonds is 6. The molecule has 0 aliphatic heterocycles. The van der Waals surface area contributed by atoms with Gasteiger partial charge in [-0.2, -0.15) is 22.0 Å². The topological polar surface area (TPSA) is 38.3 Å². The molecule has 3 nitrogen and oxygen atoms in total. The third-order valence-electron chi connectivity index (χ3n) is 5.58. The van der Waals surface area contributed by atoms with Crippen LogP contribution in [0.3, 0.4) is 0 Å². The van der Waals surface area contributed by atoms with Gasteiger partial charge >= 0.3 is 12.1 Å². The van der Waals surface area contributed by atoms with E-state index in [9.17, 15) is 26.7 Å². The lowest BCUT2D eigenvalue weighted by Crippen LogP contribution is -2.47. The third kappa shape index (κ3) is 4.72. The molecule has 2 aliphatic rings. The number of hydrogen-bond donors (Lipinski definition) is 1. The van der Waals surface area contributed by atoms with E-state index in [0.717, 1.165) is 31.3 Å². The van der Waals surface area contributed by atoms with Gasteiger partial charge in [-0.3, -0.25) is 4.79 Å². The standard InChI is InChI=1S/C18H23BrF5NO2/c1-11(27-9-15(26)25-10-17(20,21)18(22,23)24)13-5-6-14-12(8-19)4-3-7-16(13,14)2/h5,8,11,14H,3-4,6-7,9-10H2,1-2H3,(H,25,26)/t11-,14-,16-/m0/s1. The van der Waals surface area contributed by atoms with Crippen LogP contribution in [0.25, 0.3) is 0 Å². The predicted octanol–water partition coefficient (Wildman–Crippen LogP) is 5.12. The molecular weight excluding hydrogens is 437 g/mol. The Morgan fingerprint density at radius 3 is 2.70 bits per heavy atom. The molecule has 154 valence electrons. The van der Waals surface area contributed by atoms with Gasteiger partial charge < -0.3 is 10.1 Å². The highest BCUT2D eigenvalue weighted by Gasteiger charge is 2.57. The van der Waals surface area contributed by atoms with E-state index in [0.29, 0.717) is 5.92 Å². The number of hydrogen-bond acceptors (Lipinski definition) is 2. The summed E-state index contributed by atoms with van der Waals surface area (Å²) in [6, 6.07) is 0. The Bertz CT molecular complexity index is 632. The van der Waals surface area contributed by atoms with Gasteiger partial charge in [0, 0.05) is 0 Å². The first-order valence-corrected chi connectivity index (χ1v) is 9.66. The lowest BCUT2D eigenvalue weighted by atomic mass is 9.64. The lowest BCUT2D eigenvalue weighted by Gasteiger charge is -2.42. The summed E-state index contributed by atoms with van der Waals surface area (Å²) in [5, 5.41) is 1.59. The number of alkyl halides is 5. The van der Waals surface area contributed by atoms with E-state index in [1.54, 1.807) is 12.2 Å². The van der Waals surface area contributed by atoms with Crippen molar-refractivity contribution in [1.82, 2.24) is 5.32 Å². The molecule has 9 heteroatoms. The SMILES string of the molecule is C[C@H](OCC(=O)NCC(F)(F)C(F)(F)F)C1=CC[C@H]2C(=CBr)CCC[C@@]12C. The maximum absolute atomic E-state index is 12.8. The van der Waals surface area contributed by atoms with Crippen LogP contribution < -0.4 is 5.32 Å². The molecule has 1 amide bonds. The molecule has 2 aliphatic carbocycles. The molecule has 0 saturated heterocycles. The monoisotopic (exact) mass is 459 g/mol. The molecule has 0 spiro atoms. The van der Waals surface area contributed by atoms with Crippen molar-refractivity contribution in [2.45, 2.75) is 57.7 Å². The summed E-state index contributed by atoms with van der Waals surface area (Å²) >= 11 is 3.41. The summed E-state index contributed by atoms with van der Waals surface area (Å²) in [5.41, 5.74) is 2.28. The fourth-order valence-electron chi connectivity index (χ4n) is 4.06. The molecule has 1 N–H and O–H groups in total. The van der Waals surface area contributed by atoms with Crippen LogP contribution >= 0.6 is 15.9 Å². The summed E-state index contributed by atoms with van der Waals surface area (Å²) in [5.74, 6) is -5.62. The van der Waals surface area contributed by atoms with Crippen molar-refractivity contribution in [3.63, 3.8) is 0 Å². The van der Waals surface area contributed by atoms with Crippen molar-refractivity contribution >= 4 is 21.8 Å². The van der Waals surface area contributed by atoms with E-state index in [1.807, 2.05) is 4.99 Å². The number of nitrogens with one attached hydrogen (secondary N) is 1. The average molecular weight is 460 g/mol. The number of ether oxygens (including phenoxy) is 1. The molecule has 0 aromatic carbocycles. The summed E-state index contributed by atoms with van der Waals surface area (Å²) in [4.78, 5) is 13.6. The smallest absolute Gasteiger partial charge is 0.364 e. The Morgan fingerprint density at radius 2 is 2.11 bits per heavy atom. The Morgan fingerprint density at radius 1 is 1.44 bits per heavy atom. The molecule has 1 saturated carbocycles. The van der Waals surface area contributed by atoms with Gasteiger partial charge in [0.05, 0.1) is 12.6 Å². The van der Waals surface area contributed by atoms with Crippen LogP contribution in [-0.4, -0.2) is 37.3 Å². The van der Waals surface area contributed by atoms with Gasteiger partial charge in [-0.05, 0) is 54.5 Å². The molecular formula is C18H23BrF5NO2. The van der Waals surface area contributed by atoms with Gasteiger partial charge in [0.1, 0.15) is 6.61 Å². The van der Waals surface area contributed by atoms with Gasteiger partial charge in [-0.15, -0.1) is 0 Å². The number of allylic oxidation sites excluding steroid dienone is 2. The average Bonchev–Trinajstić information content (AvgIpc) is 2.93. The maximum atomic E-state index is 12.8. The zero-order valence-corrected chi connectivity index (χ0v) is 16.7. The zero-order chi connectivity index (χ0) is 20.5. The Kier molecular flexibility index (Phi) is 6.77. The van der Waals surface area contributed by atoms with Gasteiger partial charge in [0.15, 0.2) is 0 Å². The second-order valence-electron chi connectivity index (χ2n) is 7.33. The number of halogens is 6. The van der Waals surface area contributed by atoms with E-state index >= 15 is 0 Å². The highest BCUT2D eigenvalue weighted by molar-refractivity contribution is 9.11. The van der Waals surface area contributed by atoms with E-state index in [2.05, 4.69) is 28.9 Å². The Hall–Kier alpha value is -0.960. The second kappa shape index (κ2) is 8.19. The molecule has 3 atom stereocenters. The third-order valence-corrected chi connectivity index (χ3v) is 6.16. The molecule has 0 bridgehead atoms. The van der Waals surface area contributed by atoms with Crippen LogP contribution in [0.2, 0.25) is 0 Å². The summed E-state index contributed by atoms with van der Waals surface area (Å²) < 4.78 is 67.5. The van der Waals surface area contributed by atoms with Gasteiger partial charge in [-0.1, -0.05) is 34.5 Å². The molecule has 27 heavy (non-hydrogen) atoms. The summed E-state index contributed by atoms with van der Waals surface area (Å²) in [7, 11) is 0. The van der Waals surface area contributed by atoms with Crippen LogP contribution in [0.5, 0.6) is 0 Å². The normalized spacial score (nSPS) is 28.7. The molecule has 0 radical (unpaired) electrons. The fourth-order valence-corrected chi connectivity index (χ4v) is 4.61. The van der Waals surface area contributed by atoms with Crippen LogP contribution in [0.15, 0.2) is 22.2 Å². The number of fused-ring (bicyclic) bond motifs is 1. The van der Waals surface area contributed by atoms with Gasteiger partial charge in [-0.25, -0.2) is 0 Å². The summed E-state index contributed by atoms with van der Waals surface area (Å²) in [6.45, 7) is 1.54. The van der Waals surface area contributed by atoms with Gasteiger partial charge in [0.25, 0.3) is 0 Å². The molecule has 1 fully saturated rings. The highest BCUT2D eigenvalue weighted by atomic mass is 79.9. The Labute approximate surface area is 163 Å². The van der Waals surface area contributed by atoms with Crippen LogP contribution in [0.1, 0.15) is 39.5 Å². The van der Waals surface area contributed by atoms with Crippen molar-refractivity contribution in [2.75, 3.05) is 13.2 Å². The number of amides is 1. The van der Waals surface area contributed by atoms with Crippen LogP contribution in [0.4, 0.5) is 22.0 Å². The minimum atomic E-state index is -5.70. The van der Waals surface area contributed by atoms with Crippen molar-refractivity contribution in [3.05, 3.63) is 22.2 Å². The molecule has 0 unspecified atom stereocenters. The first-order chi connectivity index (χ1) is 12.4. The molecule has 0 aromatic rings. The van der Waals surface area contributed by atoms with E-state index in [1.165, 1.54) is 5.57 Å². The minimum Gasteiger partial charge on any atom is -0.364 e. The number of carbonyl (C=O) groups excluding carboxylic acids is 1. The largest absolute Gasteiger partial charge is 0.455 e. The van der Waals surface area contributed by atoms with Crippen LogP contribution in [-0.2, 0) is 9.53 Å². The molecule has 0 aromatic heterocycles. The highest BCUT2D eigenvalue weighted by Crippen LogP contribution is 2.55. The first-order valence-electron chi connectivity index (χ1n) is 8.75. The van der Waals surface area contributed by atoms with Crippen molar-refractivity contribution < 1.29 is 31.5 Å². The van der Waals surface area contributed by atoms with Crippen molar-refractivity contribution in [2.24, 2.45) is 11.3 Å². The van der Waals surface area contributed by atoms with Crippen LogP contribution in [0, 0.1) is 11.3 Å². The lowest BCUT2D eigenvalue weighted by molar-refractivity contribution is -0.278. The Balaban J connectivity index is 1.89. The fraction of sp³-hybridized carbons (Fsp3) is 0.722. The number of carbonyl (C=O) groups is 1. The first kappa shape index (κ1) is 22.3. The van der Waals surface area contributed by atoms with Crippen molar-refractivity contribution in [3.8, 4) is 0 Å². The van der Waals surface area contributed by atoms with Crippen molar-refractivity contribution in [1.29, 1.82) is 0 Å². The maximum Gasteiger partial charge on any atom is 0.455 e. The summed E-state index contributed by atoms with van der Waals surface area (Å²) in [6.07, 6.45) is -0.143. The van der Waals surface area contributed by atoms with E-state index in [-0.39, 0.29) is 5.41 Å². The zero-order valence-electron chi connectivity index (χ0n) is 15.1. The van der Waals surface area contributed by atoms with E-state index < -0.39 is 37.3 Å². The second-order valence-corrected chi connectivity index (χ2v) is 7.79. The molecule has 0 heterocycles. The quantitative estimate of drug-likeness (QED) is 0.442. The molecule has 2 rings (SSSR count). The van der Waals surface area contributed by atoms with E-state index in [4.69, 9.17) is 4.74 Å². The minimum absolute atomic E-state index is 0.100.